The third-order valence-corrected chi connectivity index (χ3v) is 5.13. The Balaban J connectivity index is 1.76. The van der Waals surface area contributed by atoms with Crippen LogP contribution in [0, 0.1) is 6.92 Å². The molecule has 0 aliphatic rings. The van der Waals surface area contributed by atoms with Crippen molar-refractivity contribution in [1.29, 1.82) is 0 Å². The minimum absolute atomic E-state index is 0.0941. The van der Waals surface area contributed by atoms with Crippen LogP contribution in [0.1, 0.15) is 11.1 Å². The number of hydrogen-bond acceptors (Lipinski definition) is 4. The van der Waals surface area contributed by atoms with E-state index >= 15 is 0 Å². The van der Waals surface area contributed by atoms with E-state index in [0.29, 0.717) is 12.2 Å². The van der Waals surface area contributed by atoms with E-state index in [4.69, 9.17) is 0 Å². The Labute approximate surface area is 158 Å². The summed E-state index contributed by atoms with van der Waals surface area (Å²) in [4.78, 5) is 23.7. The van der Waals surface area contributed by atoms with Crippen LogP contribution < -0.4 is 20.7 Å². The van der Waals surface area contributed by atoms with Gasteiger partial charge in [0.05, 0.1) is 11.4 Å². The first-order chi connectivity index (χ1) is 12.8. The average molecular weight is 390 g/mol. The van der Waals surface area contributed by atoms with Gasteiger partial charge in [-0.3, -0.25) is 4.79 Å². The Bertz CT molecular complexity index is 894. The molecule has 4 N–H and O–H groups in total. The summed E-state index contributed by atoms with van der Waals surface area (Å²) in [5, 5.41) is 7.70. The predicted octanol–water partition coefficient (Wildman–Crippen LogP) is 1.34. The van der Waals surface area contributed by atoms with E-state index in [1.807, 2.05) is 31.2 Å². The summed E-state index contributed by atoms with van der Waals surface area (Å²) in [6.07, 6.45) is 0. The molecular weight excluding hydrogens is 368 g/mol. The van der Waals surface area contributed by atoms with Crippen molar-refractivity contribution < 1.29 is 18.0 Å². The highest BCUT2D eigenvalue weighted by Crippen LogP contribution is 2.13. The van der Waals surface area contributed by atoms with Crippen molar-refractivity contribution in [3.8, 4) is 0 Å². The van der Waals surface area contributed by atoms with Crippen LogP contribution in [0.5, 0.6) is 0 Å². The van der Waals surface area contributed by atoms with Crippen molar-refractivity contribution in [1.82, 2.24) is 15.4 Å². The number of nitrogens with one attached hydrogen (secondary N) is 4. The lowest BCUT2D eigenvalue weighted by molar-refractivity contribution is -0.115. The van der Waals surface area contributed by atoms with Gasteiger partial charge in [-0.15, -0.1) is 0 Å². The monoisotopic (exact) mass is 390 g/mol. The minimum atomic E-state index is -3.52. The summed E-state index contributed by atoms with van der Waals surface area (Å²) in [6.45, 7) is 2.13. The summed E-state index contributed by atoms with van der Waals surface area (Å²) in [6, 6.07) is 13.0. The fraction of sp³-hybridized carbons (Fsp3) is 0.222. The highest BCUT2D eigenvalue weighted by molar-refractivity contribution is 7.89. The molecule has 0 aromatic heterocycles. The summed E-state index contributed by atoms with van der Waals surface area (Å²) in [5.74, 6) is -0.426. The van der Waals surface area contributed by atoms with Gasteiger partial charge in [-0.1, -0.05) is 29.8 Å². The van der Waals surface area contributed by atoms with E-state index in [1.165, 1.54) is 31.3 Å². The van der Waals surface area contributed by atoms with Gasteiger partial charge in [0.15, 0.2) is 0 Å². The molecule has 0 saturated heterocycles. The standard InChI is InChI=1S/C18H22N4O4S/c1-13-3-5-14(6-4-13)11-20-18(24)21-12-17(23)22-15-7-9-16(10-8-15)27(25,26)19-2/h3-10,19H,11-12H2,1-2H3,(H,22,23)(H2,20,21,24). The largest absolute Gasteiger partial charge is 0.334 e. The molecule has 8 nitrogen and oxygen atoms in total. The van der Waals surface area contributed by atoms with Crippen molar-refractivity contribution in [2.24, 2.45) is 0 Å². The van der Waals surface area contributed by atoms with Crippen molar-refractivity contribution >= 4 is 27.6 Å². The molecule has 144 valence electrons. The second-order valence-corrected chi connectivity index (χ2v) is 7.69. The topological polar surface area (TPSA) is 116 Å². The second kappa shape index (κ2) is 9.15. The highest BCUT2D eigenvalue weighted by Gasteiger charge is 2.11. The van der Waals surface area contributed by atoms with Crippen LogP contribution >= 0.6 is 0 Å². The van der Waals surface area contributed by atoms with E-state index in [9.17, 15) is 18.0 Å². The van der Waals surface area contributed by atoms with Gasteiger partial charge < -0.3 is 16.0 Å². The molecule has 0 aliphatic heterocycles. The van der Waals surface area contributed by atoms with E-state index in [1.54, 1.807) is 0 Å². The lowest BCUT2D eigenvalue weighted by atomic mass is 10.1. The third-order valence-electron chi connectivity index (χ3n) is 3.70. The third kappa shape index (κ3) is 6.39. The van der Waals surface area contributed by atoms with Crippen LogP contribution in [0.25, 0.3) is 0 Å². The summed E-state index contributed by atoms with van der Waals surface area (Å²) in [5.41, 5.74) is 2.52. The van der Waals surface area contributed by atoms with E-state index in [0.717, 1.165) is 11.1 Å². The number of amides is 3. The fourth-order valence-corrected chi connectivity index (χ4v) is 2.88. The number of urea groups is 1. The molecule has 3 amide bonds. The maximum atomic E-state index is 11.9. The number of anilines is 1. The van der Waals surface area contributed by atoms with E-state index in [2.05, 4.69) is 20.7 Å². The molecule has 0 heterocycles. The second-order valence-electron chi connectivity index (χ2n) is 5.80. The van der Waals surface area contributed by atoms with Gasteiger partial charge in [-0.2, -0.15) is 0 Å². The molecule has 0 saturated carbocycles. The molecule has 0 bridgehead atoms. The smallest absolute Gasteiger partial charge is 0.315 e. The Morgan fingerprint density at radius 3 is 2.15 bits per heavy atom. The Morgan fingerprint density at radius 2 is 1.56 bits per heavy atom. The molecular formula is C18H22N4O4S. The lowest BCUT2D eigenvalue weighted by Gasteiger charge is -2.09. The zero-order valence-electron chi connectivity index (χ0n) is 15.1. The molecule has 0 fully saturated rings. The summed E-state index contributed by atoms with van der Waals surface area (Å²) >= 11 is 0. The van der Waals surface area contributed by atoms with Crippen LogP contribution in [0.4, 0.5) is 10.5 Å². The van der Waals surface area contributed by atoms with Crippen molar-refractivity contribution in [2.45, 2.75) is 18.4 Å². The molecule has 0 aliphatic carbocycles. The van der Waals surface area contributed by atoms with Gasteiger partial charge in [0.2, 0.25) is 15.9 Å². The maximum Gasteiger partial charge on any atom is 0.315 e. The minimum Gasteiger partial charge on any atom is -0.334 e. The molecule has 0 unspecified atom stereocenters. The Hall–Kier alpha value is -2.91. The number of carbonyl (C=O) groups excluding carboxylic acids is 2. The maximum absolute atomic E-state index is 11.9. The van der Waals surface area contributed by atoms with Crippen LogP contribution in [-0.2, 0) is 21.4 Å². The Morgan fingerprint density at radius 1 is 0.926 bits per heavy atom. The van der Waals surface area contributed by atoms with Gasteiger partial charge in [0.1, 0.15) is 0 Å². The van der Waals surface area contributed by atoms with Crippen molar-refractivity contribution in [3.05, 3.63) is 59.7 Å². The number of hydrogen-bond donors (Lipinski definition) is 4. The van der Waals surface area contributed by atoms with Gasteiger partial charge in [-0.05, 0) is 43.8 Å². The Kier molecular flexibility index (Phi) is 6.91. The average Bonchev–Trinajstić information content (AvgIpc) is 2.66. The first kappa shape index (κ1) is 20.4. The quantitative estimate of drug-likeness (QED) is 0.571. The zero-order chi connectivity index (χ0) is 19.9. The summed E-state index contributed by atoms with van der Waals surface area (Å²) < 4.78 is 25.5. The highest BCUT2D eigenvalue weighted by atomic mass is 32.2. The zero-order valence-corrected chi connectivity index (χ0v) is 15.9. The SMILES string of the molecule is CNS(=O)(=O)c1ccc(NC(=O)CNC(=O)NCc2ccc(C)cc2)cc1. The van der Waals surface area contributed by atoms with Gasteiger partial charge in [-0.25, -0.2) is 17.9 Å². The van der Waals surface area contributed by atoms with Crippen LogP contribution in [0.15, 0.2) is 53.4 Å². The summed E-state index contributed by atoms with van der Waals surface area (Å²) in [7, 11) is -2.20. The van der Waals surface area contributed by atoms with Crippen molar-refractivity contribution in [2.75, 3.05) is 18.9 Å². The van der Waals surface area contributed by atoms with E-state index in [-0.39, 0.29) is 11.4 Å². The van der Waals surface area contributed by atoms with Crippen LogP contribution in [0.3, 0.4) is 0 Å². The first-order valence-electron chi connectivity index (χ1n) is 8.21. The van der Waals surface area contributed by atoms with Gasteiger partial charge in [0.25, 0.3) is 0 Å². The molecule has 0 radical (unpaired) electrons. The molecule has 2 aromatic carbocycles. The van der Waals surface area contributed by atoms with E-state index < -0.39 is 22.0 Å². The molecule has 2 rings (SSSR count). The number of rotatable bonds is 7. The first-order valence-corrected chi connectivity index (χ1v) is 9.69. The molecule has 9 heteroatoms. The van der Waals surface area contributed by atoms with Crippen LogP contribution in [-0.4, -0.2) is 33.9 Å². The predicted molar refractivity (Wildman–Crippen MR) is 103 cm³/mol. The number of aryl methyl sites for hydroxylation is 1. The lowest BCUT2D eigenvalue weighted by Crippen LogP contribution is -2.39. The number of benzene rings is 2. The fourth-order valence-electron chi connectivity index (χ4n) is 2.15. The molecule has 0 spiro atoms. The normalized spacial score (nSPS) is 10.9. The molecule has 2 aromatic rings. The van der Waals surface area contributed by atoms with Gasteiger partial charge >= 0.3 is 6.03 Å². The molecule has 27 heavy (non-hydrogen) atoms. The number of carbonyl (C=O) groups is 2. The van der Waals surface area contributed by atoms with Crippen molar-refractivity contribution in [3.63, 3.8) is 0 Å². The van der Waals surface area contributed by atoms with Crippen LogP contribution in [0.2, 0.25) is 0 Å². The molecule has 0 atom stereocenters. The number of sulfonamides is 1. The van der Waals surface area contributed by atoms with Gasteiger partial charge in [0, 0.05) is 12.2 Å².